The van der Waals surface area contributed by atoms with Crippen LogP contribution in [0.2, 0.25) is 0 Å². The van der Waals surface area contributed by atoms with Crippen LogP contribution < -0.4 is 0 Å². The van der Waals surface area contributed by atoms with Crippen LogP contribution >= 0.6 is 0 Å². The Kier molecular flexibility index (Phi) is 3.47. The molecular weight excluding hydrogens is 198 g/mol. The fraction of sp³-hybridized carbons (Fsp3) is 0.643. The smallest absolute Gasteiger partial charge is 0.151 e. The number of aromatic nitrogens is 1. The lowest BCUT2D eigenvalue weighted by Crippen LogP contribution is -2.15. The van der Waals surface area contributed by atoms with Gasteiger partial charge < -0.3 is 4.57 Å². The second-order valence-electron chi connectivity index (χ2n) is 5.06. The van der Waals surface area contributed by atoms with Crippen LogP contribution in [0.15, 0.2) is 6.07 Å². The topological polar surface area (TPSA) is 22.0 Å². The molecule has 16 heavy (non-hydrogen) atoms. The molecule has 0 N–H and O–H groups in total. The zero-order valence-corrected chi connectivity index (χ0v) is 10.3. The van der Waals surface area contributed by atoms with Crippen molar-refractivity contribution in [3.63, 3.8) is 0 Å². The molecule has 88 valence electrons. The van der Waals surface area contributed by atoms with Gasteiger partial charge in [-0.3, -0.25) is 4.79 Å². The third-order valence-corrected chi connectivity index (χ3v) is 3.91. The molecular formula is C14H21NO. The average molecular weight is 219 g/mol. The zero-order valence-electron chi connectivity index (χ0n) is 10.3. The summed E-state index contributed by atoms with van der Waals surface area (Å²) in [5, 5.41) is 0. The van der Waals surface area contributed by atoms with E-state index in [1.807, 2.05) is 6.07 Å². The van der Waals surface area contributed by atoms with E-state index in [9.17, 15) is 4.79 Å². The van der Waals surface area contributed by atoms with Crippen molar-refractivity contribution < 1.29 is 4.79 Å². The molecule has 0 unspecified atom stereocenters. The molecule has 0 aliphatic heterocycles. The first-order valence-corrected chi connectivity index (χ1v) is 6.34. The van der Waals surface area contributed by atoms with Crippen LogP contribution in [-0.2, 0) is 6.54 Å². The second-order valence-corrected chi connectivity index (χ2v) is 5.06. The van der Waals surface area contributed by atoms with Gasteiger partial charge in [0.2, 0.25) is 0 Å². The summed E-state index contributed by atoms with van der Waals surface area (Å²) >= 11 is 0. The van der Waals surface area contributed by atoms with E-state index in [1.54, 1.807) is 0 Å². The largest absolute Gasteiger partial charge is 0.348 e. The van der Waals surface area contributed by atoms with Gasteiger partial charge in [-0.1, -0.05) is 19.3 Å². The van der Waals surface area contributed by atoms with Crippen molar-refractivity contribution >= 4 is 6.29 Å². The highest BCUT2D eigenvalue weighted by atomic mass is 16.1. The summed E-state index contributed by atoms with van der Waals surface area (Å²) in [6, 6.07) is 2.01. The van der Waals surface area contributed by atoms with Crippen molar-refractivity contribution in [1.82, 2.24) is 4.57 Å². The minimum atomic E-state index is 0.818. The predicted octanol–water partition coefficient (Wildman–Crippen LogP) is 3.50. The van der Waals surface area contributed by atoms with Crippen LogP contribution in [0.4, 0.5) is 0 Å². The molecule has 0 aromatic carbocycles. The average Bonchev–Trinajstić information content (AvgIpc) is 2.58. The Bertz CT molecular complexity index is 372. The van der Waals surface area contributed by atoms with Gasteiger partial charge >= 0.3 is 0 Å². The number of hydrogen-bond donors (Lipinski definition) is 0. The van der Waals surface area contributed by atoms with Crippen LogP contribution in [0.5, 0.6) is 0 Å². The fourth-order valence-corrected chi connectivity index (χ4v) is 2.86. The minimum absolute atomic E-state index is 0.818. The summed E-state index contributed by atoms with van der Waals surface area (Å²) in [6.07, 6.45) is 7.84. The molecule has 0 saturated heterocycles. The van der Waals surface area contributed by atoms with Crippen LogP contribution in [0.3, 0.4) is 0 Å². The van der Waals surface area contributed by atoms with Gasteiger partial charge in [0, 0.05) is 23.5 Å². The molecule has 2 nitrogen and oxygen atoms in total. The molecule has 1 heterocycles. The molecule has 2 heteroatoms. The van der Waals surface area contributed by atoms with Crippen molar-refractivity contribution in [2.45, 2.75) is 52.5 Å². The van der Waals surface area contributed by atoms with Crippen molar-refractivity contribution in [3.05, 3.63) is 23.0 Å². The van der Waals surface area contributed by atoms with Crippen LogP contribution in [0.25, 0.3) is 0 Å². The Labute approximate surface area is 97.7 Å². The van der Waals surface area contributed by atoms with Gasteiger partial charge in [-0.05, 0) is 38.7 Å². The molecule has 0 spiro atoms. The Balaban J connectivity index is 2.13. The van der Waals surface area contributed by atoms with E-state index in [2.05, 4.69) is 18.4 Å². The molecule has 0 amide bonds. The SMILES string of the molecule is Cc1cc(C=O)c(C)n1CC1CCCCC1. The summed E-state index contributed by atoms with van der Waals surface area (Å²) < 4.78 is 2.32. The highest BCUT2D eigenvalue weighted by Gasteiger charge is 2.16. The Hall–Kier alpha value is -1.05. The number of aldehydes is 1. The number of rotatable bonds is 3. The summed E-state index contributed by atoms with van der Waals surface area (Å²) in [5.41, 5.74) is 3.22. The second kappa shape index (κ2) is 4.86. The third kappa shape index (κ3) is 2.21. The Morgan fingerprint density at radius 2 is 2.00 bits per heavy atom. The monoisotopic (exact) mass is 219 g/mol. The van der Waals surface area contributed by atoms with Crippen molar-refractivity contribution in [3.8, 4) is 0 Å². The van der Waals surface area contributed by atoms with E-state index >= 15 is 0 Å². The first kappa shape index (κ1) is 11.4. The molecule has 1 fully saturated rings. The summed E-state index contributed by atoms with van der Waals surface area (Å²) in [5.74, 6) is 0.818. The number of aryl methyl sites for hydroxylation is 1. The highest BCUT2D eigenvalue weighted by molar-refractivity contribution is 5.77. The first-order chi connectivity index (χ1) is 7.72. The van der Waals surface area contributed by atoms with Gasteiger partial charge in [-0.25, -0.2) is 0 Å². The van der Waals surface area contributed by atoms with Crippen molar-refractivity contribution in [2.75, 3.05) is 0 Å². The van der Waals surface area contributed by atoms with Crippen LogP contribution in [0, 0.1) is 19.8 Å². The standard InChI is InChI=1S/C14H21NO/c1-11-8-14(10-16)12(2)15(11)9-13-6-4-3-5-7-13/h8,10,13H,3-7,9H2,1-2H3. The van der Waals surface area contributed by atoms with Gasteiger partial charge in [0.15, 0.2) is 6.29 Å². The zero-order chi connectivity index (χ0) is 11.5. The number of carbonyl (C=O) groups excluding carboxylic acids is 1. The molecule has 1 aliphatic carbocycles. The van der Waals surface area contributed by atoms with Gasteiger partial charge in [0.1, 0.15) is 0 Å². The van der Waals surface area contributed by atoms with Gasteiger partial charge in [-0.2, -0.15) is 0 Å². The summed E-state index contributed by atoms with van der Waals surface area (Å²) in [7, 11) is 0. The third-order valence-electron chi connectivity index (χ3n) is 3.91. The van der Waals surface area contributed by atoms with Crippen molar-refractivity contribution in [2.24, 2.45) is 5.92 Å². The highest BCUT2D eigenvalue weighted by Crippen LogP contribution is 2.26. The van der Waals surface area contributed by atoms with Gasteiger partial charge in [-0.15, -0.1) is 0 Å². The molecule has 2 rings (SSSR count). The van der Waals surface area contributed by atoms with Gasteiger partial charge in [0.25, 0.3) is 0 Å². The summed E-state index contributed by atoms with van der Waals surface area (Å²) in [6.45, 7) is 5.26. The Morgan fingerprint density at radius 1 is 1.31 bits per heavy atom. The maximum Gasteiger partial charge on any atom is 0.151 e. The molecule has 1 aromatic heterocycles. The number of hydrogen-bond acceptors (Lipinski definition) is 1. The number of carbonyl (C=O) groups is 1. The fourth-order valence-electron chi connectivity index (χ4n) is 2.86. The Morgan fingerprint density at radius 3 is 2.56 bits per heavy atom. The van der Waals surface area contributed by atoms with Crippen LogP contribution in [-0.4, -0.2) is 10.9 Å². The normalized spacial score (nSPS) is 17.6. The molecule has 1 aliphatic rings. The molecule has 1 aromatic rings. The maximum atomic E-state index is 10.9. The maximum absolute atomic E-state index is 10.9. The van der Waals surface area contributed by atoms with E-state index in [-0.39, 0.29) is 0 Å². The molecule has 0 atom stereocenters. The van der Waals surface area contributed by atoms with E-state index in [0.717, 1.165) is 30.0 Å². The molecule has 0 bridgehead atoms. The molecule has 1 saturated carbocycles. The van der Waals surface area contributed by atoms with Crippen LogP contribution in [0.1, 0.15) is 53.8 Å². The first-order valence-electron chi connectivity index (χ1n) is 6.34. The van der Waals surface area contributed by atoms with E-state index in [1.165, 1.54) is 37.8 Å². The lowest BCUT2D eigenvalue weighted by molar-refractivity contribution is 0.112. The predicted molar refractivity (Wildman–Crippen MR) is 65.9 cm³/mol. The lowest BCUT2D eigenvalue weighted by atomic mass is 9.89. The van der Waals surface area contributed by atoms with E-state index in [0.29, 0.717) is 0 Å². The number of nitrogens with zero attached hydrogens (tertiary/aromatic N) is 1. The van der Waals surface area contributed by atoms with Gasteiger partial charge in [0.05, 0.1) is 0 Å². The van der Waals surface area contributed by atoms with Crippen molar-refractivity contribution in [1.29, 1.82) is 0 Å². The van der Waals surface area contributed by atoms with E-state index < -0.39 is 0 Å². The molecule has 0 radical (unpaired) electrons. The summed E-state index contributed by atoms with van der Waals surface area (Å²) in [4.78, 5) is 10.9. The van der Waals surface area contributed by atoms with E-state index in [4.69, 9.17) is 0 Å². The quantitative estimate of drug-likeness (QED) is 0.713. The lowest BCUT2D eigenvalue weighted by Gasteiger charge is -2.23. The minimum Gasteiger partial charge on any atom is -0.348 e.